The maximum absolute atomic E-state index is 12.9. The minimum absolute atomic E-state index is 0.0680. The summed E-state index contributed by atoms with van der Waals surface area (Å²) in [6, 6.07) is 0. The molecule has 0 unspecified atom stereocenters. The fourth-order valence-corrected chi connectivity index (χ4v) is 3.63. The van der Waals surface area contributed by atoms with Crippen molar-refractivity contribution in [2.75, 3.05) is 19.6 Å². The maximum Gasteiger partial charge on any atom is 0.306 e. The summed E-state index contributed by atoms with van der Waals surface area (Å²) in [4.78, 5) is 61.0. The second-order valence-corrected chi connectivity index (χ2v) is 9.29. The molecule has 0 saturated carbocycles. The van der Waals surface area contributed by atoms with Gasteiger partial charge in [-0.15, -0.1) is 0 Å². The van der Waals surface area contributed by atoms with Crippen LogP contribution in [0.5, 0.6) is 0 Å². The lowest BCUT2D eigenvalue weighted by atomic mass is 10.1. The van der Waals surface area contributed by atoms with Gasteiger partial charge in [-0.05, 0) is 32.1 Å². The Morgan fingerprint density at radius 2 is 1.00 bits per heavy atom. The Hall–Kier alpha value is -2.52. The van der Waals surface area contributed by atoms with Crippen molar-refractivity contribution < 1.29 is 28.7 Å². The molecule has 0 saturated heterocycles. The molecular formula is C27H49N3O7. The lowest BCUT2D eigenvalue weighted by molar-refractivity contribution is -0.176. The summed E-state index contributed by atoms with van der Waals surface area (Å²) in [5.74, 6) is -2.56. The molecule has 2 amide bonds. The zero-order valence-corrected chi connectivity index (χ0v) is 23.2. The zero-order chi connectivity index (χ0) is 27.7. The largest absolute Gasteiger partial charge is 0.448 e. The molecule has 0 aliphatic rings. The number of nitroso groups, excluding NO2 is 1. The Morgan fingerprint density at radius 3 is 1.41 bits per heavy atom. The van der Waals surface area contributed by atoms with Gasteiger partial charge in [-0.25, -0.2) is 0 Å². The molecule has 0 bridgehead atoms. The van der Waals surface area contributed by atoms with Crippen LogP contribution in [0.2, 0.25) is 0 Å². The van der Waals surface area contributed by atoms with Crippen molar-refractivity contribution >= 4 is 23.8 Å². The highest BCUT2D eigenvalue weighted by atomic mass is 16.6. The maximum atomic E-state index is 12.9. The number of nitrogens with zero attached hydrogens (tertiary/aromatic N) is 1. The molecule has 0 radical (unpaired) electrons. The van der Waals surface area contributed by atoms with Crippen LogP contribution in [-0.4, -0.2) is 55.6 Å². The number of hydrogen-bond acceptors (Lipinski definition) is 8. The smallest absolute Gasteiger partial charge is 0.306 e. The molecule has 0 fully saturated rings. The van der Waals surface area contributed by atoms with E-state index in [2.05, 4.69) is 22.7 Å². The number of ether oxygens (including phenoxy) is 2. The highest BCUT2D eigenvalue weighted by Crippen LogP contribution is 2.14. The zero-order valence-electron chi connectivity index (χ0n) is 23.2. The van der Waals surface area contributed by atoms with Crippen LogP contribution < -0.4 is 10.6 Å². The van der Waals surface area contributed by atoms with Gasteiger partial charge in [0.15, 0.2) is 0 Å². The third kappa shape index (κ3) is 18.4. The standard InChI is InChI=1S/C27H49N3O7/c1-4-7-8-9-11-14-17-22(31)36-24(26(33)28-19-5-2)25(27(34)29-20-6-3)37-23(32)18-15-12-10-13-16-21-30-35/h24-25H,4-21H2,1-3H3,(H,28,33)(H,29,34)/t24-,25-/m1/s1. The molecule has 2 N–H and O–H groups in total. The number of unbranched alkanes of at least 4 members (excludes halogenated alkanes) is 9. The number of nitrogens with one attached hydrogen (secondary N) is 2. The van der Waals surface area contributed by atoms with E-state index in [9.17, 15) is 24.1 Å². The molecule has 0 spiro atoms. The Labute approximate surface area is 222 Å². The molecule has 37 heavy (non-hydrogen) atoms. The molecule has 0 rings (SSSR count). The van der Waals surface area contributed by atoms with E-state index >= 15 is 0 Å². The van der Waals surface area contributed by atoms with Gasteiger partial charge < -0.3 is 20.1 Å². The molecule has 0 heterocycles. The minimum Gasteiger partial charge on any atom is -0.448 e. The summed E-state index contributed by atoms with van der Waals surface area (Å²) in [5, 5.41) is 8.12. The third-order valence-corrected chi connectivity index (χ3v) is 5.77. The molecule has 214 valence electrons. The van der Waals surface area contributed by atoms with Crippen molar-refractivity contribution in [1.82, 2.24) is 10.6 Å². The van der Waals surface area contributed by atoms with Gasteiger partial charge in [-0.1, -0.05) is 77.3 Å². The number of amides is 2. The first-order valence-electron chi connectivity index (χ1n) is 14.1. The average molecular weight is 528 g/mol. The molecule has 0 aliphatic heterocycles. The fraction of sp³-hybridized carbons (Fsp3) is 0.852. The van der Waals surface area contributed by atoms with Gasteiger partial charge in [0, 0.05) is 25.9 Å². The lowest BCUT2D eigenvalue weighted by Gasteiger charge is -2.25. The molecule has 0 aliphatic carbocycles. The Balaban J connectivity index is 5.19. The van der Waals surface area contributed by atoms with Gasteiger partial charge >= 0.3 is 11.9 Å². The van der Waals surface area contributed by atoms with Crippen LogP contribution in [0.1, 0.15) is 117 Å². The number of hydrogen-bond donors (Lipinski definition) is 2. The number of carbonyl (C=O) groups excluding carboxylic acids is 4. The van der Waals surface area contributed by atoms with Crippen LogP contribution in [0, 0.1) is 4.91 Å². The van der Waals surface area contributed by atoms with E-state index in [0.29, 0.717) is 45.2 Å². The van der Waals surface area contributed by atoms with E-state index in [1.807, 2.05) is 13.8 Å². The molecule has 2 atom stereocenters. The number of rotatable bonds is 24. The molecule has 0 aromatic heterocycles. The summed E-state index contributed by atoms with van der Waals surface area (Å²) < 4.78 is 10.9. The highest BCUT2D eigenvalue weighted by molar-refractivity contribution is 5.93. The summed E-state index contributed by atoms with van der Waals surface area (Å²) in [6.45, 7) is 6.84. The number of carbonyl (C=O) groups is 4. The van der Waals surface area contributed by atoms with Gasteiger partial charge in [-0.2, -0.15) is 4.91 Å². The van der Waals surface area contributed by atoms with Crippen LogP contribution >= 0.6 is 0 Å². The van der Waals surface area contributed by atoms with E-state index in [-0.39, 0.29) is 19.4 Å². The molecule has 0 aromatic rings. The SMILES string of the molecule is CCCCCCCCC(=O)O[C@@H](C(=O)NCCC)[C@@H](OC(=O)CCCCCCCN=O)C(=O)NCCC. The van der Waals surface area contributed by atoms with Gasteiger partial charge in [0.05, 0.1) is 6.54 Å². The Morgan fingerprint density at radius 1 is 0.595 bits per heavy atom. The second-order valence-electron chi connectivity index (χ2n) is 9.29. The van der Waals surface area contributed by atoms with E-state index in [1.165, 1.54) is 0 Å². The summed E-state index contributed by atoms with van der Waals surface area (Å²) in [7, 11) is 0. The average Bonchev–Trinajstić information content (AvgIpc) is 2.89. The molecule has 0 aromatic carbocycles. The van der Waals surface area contributed by atoms with Crippen LogP contribution in [0.4, 0.5) is 0 Å². The van der Waals surface area contributed by atoms with Crippen LogP contribution in [0.15, 0.2) is 5.18 Å². The quantitative estimate of drug-likeness (QED) is 0.105. The monoisotopic (exact) mass is 527 g/mol. The molecular weight excluding hydrogens is 478 g/mol. The summed E-state index contributed by atoms with van der Waals surface area (Å²) >= 11 is 0. The van der Waals surface area contributed by atoms with Crippen molar-refractivity contribution in [2.24, 2.45) is 5.18 Å². The normalized spacial score (nSPS) is 12.3. The predicted octanol–water partition coefficient (Wildman–Crippen LogP) is 4.72. The van der Waals surface area contributed by atoms with Gasteiger partial charge in [0.1, 0.15) is 0 Å². The van der Waals surface area contributed by atoms with Gasteiger partial charge in [-0.3, -0.25) is 19.2 Å². The van der Waals surface area contributed by atoms with Crippen LogP contribution in [0.25, 0.3) is 0 Å². The summed E-state index contributed by atoms with van der Waals surface area (Å²) in [5.41, 5.74) is 0. The first-order valence-corrected chi connectivity index (χ1v) is 14.1. The highest BCUT2D eigenvalue weighted by Gasteiger charge is 2.39. The van der Waals surface area contributed by atoms with E-state index in [1.54, 1.807) is 0 Å². The lowest BCUT2D eigenvalue weighted by Crippen LogP contribution is -2.53. The predicted molar refractivity (Wildman–Crippen MR) is 143 cm³/mol. The van der Waals surface area contributed by atoms with Crippen LogP contribution in [0.3, 0.4) is 0 Å². The topological polar surface area (TPSA) is 140 Å². The van der Waals surface area contributed by atoms with Crippen molar-refractivity contribution in [2.45, 2.75) is 129 Å². The Bertz CT molecular complexity index is 658. The first-order chi connectivity index (χ1) is 17.9. The van der Waals surface area contributed by atoms with E-state index in [4.69, 9.17) is 9.47 Å². The fourth-order valence-electron chi connectivity index (χ4n) is 3.63. The van der Waals surface area contributed by atoms with E-state index < -0.39 is 36.0 Å². The molecule has 10 heteroatoms. The van der Waals surface area contributed by atoms with Gasteiger partial charge in [0.2, 0.25) is 12.2 Å². The Kier molecular flexibility index (Phi) is 22.2. The van der Waals surface area contributed by atoms with Crippen molar-refractivity contribution in [3.63, 3.8) is 0 Å². The van der Waals surface area contributed by atoms with Crippen LogP contribution in [-0.2, 0) is 28.7 Å². The summed E-state index contributed by atoms with van der Waals surface area (Å²) in [6.07, 6.45) is 8.00. The first kappa shape index (κ1) is 34.5. The second kappa shape index (κ2) is 23.9. The van der Waals surface area contributed by atoms with Gasteiger partial charge in [0.25, 0.3) is 11.8 Å². The van der Waals surface area contributed by atoms with Crippen molar-refractivity contribution in [1.29, 1.82) is 0 Å². The molecule has 10 nitrogen and oxygen atoms in total. The van der Waals surface area contributed by atoms with Crippen molar-refractivity contribution in [3.05, 3.63) is 4.91 Å². The third-order valence-electron chi connectivity index (χ3n) is 5.77. The van der Waals surface area contributed by atoms with E-state index in [0.717, 1.165) is 51.4 Å². The van der Waals surface area contributed by atoms with Crippen molar-refractivity contribution in [3.8, 4) is 0 Å². The minimum atomic E-state index is -1.57. The number of esters is 2.